The number of nitrogen functional groups attached to an aromatic ring is 1. The van der Waals surface area contributed by atoms with Gasteiger partial charge in [-0.1, -0.05) is 31.9 Å². The zero-order valence-corrected chi connectivity index (χ0v) is 16.8. The maximum Gasteiger partial charge on any atom is 0.152 e. The molecule has 2 aromatic carbocycles. The monoisotopic (exact) mass is 536 g/mol. The van der Waals surface area contributed by atoms with E-state index in [1.54, 1.807) is 12.3 Å². The molecule has 0 amide bonds. The first kappa shape index (κ1) is 16.9. The molecule has 21 heavy (non-hydrogen) atoms. The van der Waals surface area contributed by atoms with Crippen LogP contribution in [0.15, 0.2) is 47.1 Å². The standard InChI is InChI=1S/C14H8Br4N2O/c15-9-1-7(13(19)11(17)3-9)5-20-14-8(6-21)2-10(16)4-12(14)18/h1-6H,19H2. The van der Waals surface area contributed by atoms with Crippen LogP contribution in [0.3, 0.4) is 0 Å². The van der Waals surface area contributed by atoms with Crippen molar-refractivity contribution in [2.45, 2.75) is 0 Å². The molecule has 0 aliphatic rings. The minimum atomic E-state index is 0.486. The summed E-state index contributed by atoms with van der Waals surface area (Å²) in [7, 11) is 0. The molecule has 0 fully saturated rings. The summed E-state index contributed by atoms with van der Waals surface area (Å²) in [6.45, 7) is 0. The van der Waals surface area contributed by atoms with E-state index in [1.165, 1.54) is 0 Å². The Kier molecular flexibility index (Phi) is 5.76. The summed E-state index contributed by atoms with van der Waals surface area (Å²) in [5, 5.41) is 0. The van der Waals surface area contributed by atoms with E-state index in [2.05, 4.69) is 68.7 Å². The van der Waals surface area contributed by atoms with Gasteiger partial charge in [0.15, 0.2) is 6.29 Å². The van der Waals surface area contributed by atoms with Crippen LogP contribution in [-0.4, -0.2) is 12.5 Å². The molecule has 2 N–H and O–H groups in total. The Morgan fingerprint density at radius 3 is 2.10 bits per heavy atom. The average Bonchev–Trinajstić information content (AvgIpc) is 2.41. The number of benzene rings is 2. The summed E-state index contributed by atoms with van der Waals surface area (Å²) in [6, 6.07) is 7.26. The summed E-state index contributed by atoms with van der Waals surface area (Å²) in [5.74, 6) is 0. The van der Waals surface area contributed by atoms with Crippen molar-refractivity contribution in [3.8, 4) is 0 Å². The van der Waals surface area contributed by atoms with Crippen molar-refractivity contribution >= 4 is 87.6 Å². The second kappa shape index (κ2) is 7.17. The van der Waals surface area contributed by atoms with E-state index in [0.29, 0.717) is 16.9 Å². The van der Waals surface area contributed by atoms with Crippen LogP contribution < -0.4 is 5.73 Å². The highest BCUT2D eigenvalue weighted by molar-refractivity contribution is 9.11. The van der Waals surface area contributed by atoms with Crippen LogP contribution in [0.25, 0.3) is 0 Å². The molecule has 3 nitrogen and oxygen atoms in total. The molecule has 0 spiro atoms. The lowest BCUT2D eigenvalue weighted by Crippen LogP contribution is -1.95. The van der Waals surface area contributed by atoms with Gasteiger partial charge in [-0.25, -0.2) is 0 Å². The van der Waals surface area contributed by atoms with Crippen LogP contribution in [0.4, 0.5) is 11.4 Å². The average molecular weight is 540 g/mol. The van der Waals surface area contributed by atoms with Crippen molar-refractivity contribution in [3.63, 3.8) is 0 Å². The second-order valence-electron chi connectivity index (χ2n) is 4.09. The Bertz CT molecular complexity index is 744. The van der Waals surface area contributed by atoms with E-state index in [9.17, 15) is 4.79 Å². The molecule has 0 aromatic heterocycles. The van der Waals surface area contributed by atoms with Gasteiger partial charge >= 0.3 is 0 Å². The van der Waals surface area contributed by atoms with Crippen molar-refractivity contribution in [3.05, 3.63) is 53.3 Å². The lowest BCUT2D eigenvalue weighted by Gasteiger charge is -2.06. The fourth-order valence-corrected chi connectivity index (χ4v) is 4.28. The van der Waals surface area contributed by atoms with E-state index in [0.717, 1.165) is 29.7 Å². The molecule has 2 aromatic rings. The number of carbonyl (C=O) groups excluding carboxylic acids is 1. The highest BCUT2D eigenvalue weighted by Crippen LogP contribution is 2.33. The van der Waals surface area contributed by atoms with Gasteiger partial charge in [0.2, 0.25) is 0 Å². The smallest absolute Gasteiger partial charge is 0.152 e. The first-order valence-electron chi connectivity index (χ1n) is 5.65. The van der Waals surface area contributed by atoms with Gasteiger partial charge in [0, 0.05) is 35.2 Å². The molecule has 0 atom stereocenters. The molecule has 2 rings (SSSR count). The number of aliphatic imine (C=N–C) groups is 1. The Hall–Kier alpha value is -0.500. The maximum atomic E-state index is 11.2. The fourth-order valence-electron chi connectivity index (χ4n) is 1.66. The Morgan fingerprint density at radius 2 is 1.48 bits per heavy atom. The summed E-state index contributed by atoms with van der Waals surface area (Å²) in [5.41, 5.74) is 8.38. The summed E-state index contributed by atoms with van der Waals surface area (Å²) in [4.78, 5) is 15.5. The first-order chi connectivity index (χ1) is 9.92. The SMILES string of the molecule is Nc1c(Br)cc(Br)cc1C=Nc1c(Br)cc(Br)cc1C=O. The molecule has 0 aliphatic heterocycles. The zero-order valence-electron chi connectivity index (χ0n) is 10.4. The summed E-state index contributed by atoms with van der Waals surface area (Å²) < 4.78 is 3.20. The fraction of sp³-hybridized carbons (Fsp3) is 0. The van der Waals surface area contributed by atoms with Gasteiger partial charge in [-0.05, 0) is 56.1 Å². The van der Waals surface area contributed by atoms with Gasteiger partial charge in [0.05, 0.1) is 11.4 Å². The predicted octanol–water partition coefficient (Wildman–Crippen LogP) is 5.88. The first-order valence-corrected chi connectivity index (χ1v) is 8.82. The molecule has 0 heterocycles. The van der Waals surface area contributed by atoms with Crippen LogP contribution >= 0.6 is 63.7 Å². The molecule has 0 aliphatic carbocycles. The van der Waals surface area contributed by atoms with Crippen molar-refractivity contribution in [1.82, 2.24) is 0 Å². The molecular weight excluding hydrogens is 532 g/mol. The lowest BCUT2D eigenvalue weighted by molar-refractivity contribution is 0.112. The highest BCUT2D eigenvalue weighted by atomic mass is 79.9. The minimum absolute atomic E-state index is 0.486. The Balaban J connectivity index is 2.50. The topological polar surface area (TPSA) is 55.4 Å². The second-order valence-corrected chi connectivity index (χ2v) is 7.63. The number of nitrogens with zero attached hydrogens (tertiary/aromatic N) is 1. The normalized spacial score (nSPS) is 11.0. The number of hydrogen-bond acceptors (Lipinski definition) is 3. The van der Waals surface area contributed by atoms with E-state index < -0.39 is 0 Å². The van der Waals surface area contributed by atoms with Gasteiger partial charge in [-0.2, -0.15) is 0 Å². The molecule has 108 valence electrons. The van der Waals surface area contributed by atoms with Crippen molar-refractivity contribution in [2.75, 3.05) is 5.73 Å². The lowest BCUT2D eigenvalue weighted by atomic mass is 10.2. The third-order valence-electron chi connectivity index (χ3n) is 2.64. The predicted molar refractivity (Wildman–Crippen MR) is 101 cm³/mol. The van der Waals surface area contributed by atoms with Gasteiger partial charge in [0.1, 0.15) is 0 Å². The molecular formula is C14H8Br4N2O. The number of nitrogens with two attached hydrogens (primary N) is 1. The quantitative estimate of drug-likeness (QED) is 0.301. The van der Waals surface area contributed by atoms with Crippen LogP contribution in [-0.2, 0) is 0 Å². The van der Waals surface area contributed by atoms with E-state index in [1.807, 2.05) is 18.2 Å². The van der Waals surface area contributed by atoms with Gasteiger partial charge in [-0.15, -0.1) is 0 Å². The third kappa shape index (κ3) is 4.03. The number of carbonyl (C=O) groups is 1. The minimum Gasteiger partial charge on any atom is -0.397 e. The van der Waals surface area contributed by atoms with Crippen LogP contribution in [0.2, 0.25) is 0 Å². The van der Waals surface area contributed by atoms with Crippen LogP contribution in [0, 0.1) is 0 Å². The van der Waals surface area contributed by atoms with Crippen molar-refractivity contribution in [1.29, 1.82) is 0 Å². The Morgan fingerprint density at radius 1 is 0.905 bits per heavy atom. The van der Waals surface area contributed by atoms with Gasteiger partial charge < -0.3 is 5.73 Å². The number of hydrogen-bond donors (Lipinski definition) is 1. The number of anilines is 1. The molecule has 0 radical (unpaired) electrons. The molecule has 0 saturated heterocycles. The van der Waals surface area contributed by atoms with Crippen LogP contribution in [0.1, 0.15) is 15.9 Å². The number of rotatable bonds is 3. The molecule has 0 saturated carbocycles. The number of halogens is 4. The largest absolute Gasteiger partial charge is 0.397 e. The summed E-state index contributed by atoms with van der Waals surface area (Å²) >= 11 is 13.5. The van der Waals surface area contributed by atoms with Gasteiger partial charge in [0.25, 0.3) is 0 Å². The zero-order chi connectivity index (χ0) is 15.6. The third-order valence-corrected chi connectivity index (χ3v) is 4.82. The maximum absolute atomic E-state index is 11.2. The van der Waals surface area contributed by atoms with E-state index in [4.69, 9.17) is 5.73 Å². The summed E-state index contributed by atoms with van der Waals surface area (Å²) in [6.07, 6.45) is 2.40. The van der Waals surface area contributed by atoms with Gasteiger partial charge in [-0.3, -0.25) is 9.79 Å². The van der Waals surface area contributed by atoms with Crippen LogP contribution in [0.5, 0.6) is 0 Å². The Labute approximate surface area is 155 Å². The van der Waals surface area contributed by atoms with E-state index >= 15 is 0 Å². The molecule has 7 heteroatoms. The highest BCUT2D eigenvalue weighted by Gasteiger charge is 2.08. The number of aldehydes is 1. The van der Waals surface area contributed by atoms with Crippen molar-refractivity contribution < 1.29 is 4.79 Å². The molecule has 0 bridgehead atoms. The molecule has 0 unspecified atom stereocenters. The van der Waals surface area contributed by atoms with Crippen molar-refractivity contribution in [2.24, 2.45) is 4.99 Å². The van der Waals surface area contributed by atoms with E-state index in [-0.39, 0.29) is 0 Å².